The molecule has 1 N–H and O–H groups in total. The first-order valence-electron chi connectivity index (χ1n) is 7.65. The molecule has 118 valence electrons. The molecule has 0 bridgehead atoms. The SMILES string of the molecule is COCCn1cc(NC(=O)N(C)C2CCCC(C)C2)cn1. The number of methoxy groups -OCH3 is 1. The van der Waals surface area contributed by atoms with E-state index in [0.717, 1.165) is 18.5 Å². The van der Waals surface area contributed by atoms with Crippen molar-refractivity contribution < 1.29 is 9.53 Å². The molecule has 2 amide bonds. The van der Waals surface area contributed by atoms with Gasteiger partial charge in [0, 0.05) is 26.4 Å². The molecule has 1 saturated carbocycles. The molecule has 0 spiro atoms. The van der Waals surface area contributed by atoms with Crippen molar-refractivity contribution in [1.29, 1.82) is 0 Å². The summed E-state index contributed by atoms with van der Waals surface area (Å²) in [6.45, 7) is 3.55. The number of urea groups is 1. The minimum atomic E-state index is -0.0552. The lowest BCUT2D eigenvalue weighted by Gasteiger charge is -2.34. The fraction of sp³-hybridized carbons (Fsp3) is 0.733. The Morgan fingerprint density at radius 2 is 2.38 bits per heavy atom. The topological polar surface area (TPSA) is 59.4 Å². The van der Waals surface area contributed by atoms with E-state index in [1.165, 1.54) is 12.8 Å². The van der Waals surface area contributed by atoms with Crippen molar-refractivity contribution in [2.45, 2.75) is 45.2 Å². The molecule has 1 aliphatic rings. The number of carbonyl (C=O) groups is 1. The van der Waals surface area contributed by atoms with E-state index in [1.807, 2.05) is 18.1 Å². The van der Waals surface area contributed by atoms with Gasteiger partial charge in [0.2, 0.25) is 0 Å². The molecule has 0 radical (unpaired) electrons. The predicted molar refractivity (Wildman–Crippen MR) is 82.3 cm³/mol. The summed E-state index contributed by atoms with van der Waals surface area (Å²) in [7, 11) is 3.54. The third-order valence-corrected chi connectivity index (χ3v) is 4.19. The Balaban J connectivity index is 1.86. The van der Waals surface area contributed by atoms with Crippen LogP contribution >= 0.6 is 0 Å². The van der Waals surface area contributed by atoms with Gasteiger partial charge in [-0.2, -0.15) is 5.10 Å². The average molecular weight is 294 g/mol. The van der Waals surface area contributed by atoms with Crippen molar-refractivity contribution in [3.05, 3.63) is 12.4 Å². The van der Waals surface area contributed by atoms with Crippen molar-refractivity contribution in [3.63, 3.8) is 0 Å². The van der Waals surface area contributed by atoms with Crippen LogP contribution in [0.2, 0.25) is 0 Å². The lowest BCUT2D eigenvalue weighted by molar-refractivity contribution is 0.171. The number of ether oxygens (including phenoxy) is 1. The van der Waals surface area contributed by atoms with Crippen LogP contribution in [0.4, 0.5) is 10.5 Å². The Labute approximate surface area is 126 Å². The minimum Gasteiger partial charge on any atom is -0.383 e. The van der Waals surface area contributed by atoms with Crippen molar-refractivity contribution in [2.24, 2.45) is 5.92 Å². The zero-order valence-corrected chi connectivity index (χ0v) is 13.2. The summed E-state index contributed by atoms with van der Waals surface area (Å²) in [6, 6.07) is 0.290. The van der Waals surface area contributed by atoms with Crippen LogP contribution in [-0.2, 0) is 11.3 Å². The fourth-order valence-electron chi connectivity index (χ4n) is 2.87. The Morgan fingerprint density at radius 1 is 1.57 bits per heavy atom. The van der Waals surface area contributed by atoms with Gasteiger partial charge in [0.25, 0.3) is 0 Å². The van der Waals surface area contributed by atoms with Crippen molar-refractivity contribution in [3.8, 4) is 0 Å². The van der Waals surface area contributed by atoms with E-state index in [-0.39, 0.29) is 6.03 Å². The average Bonchev–Trinajstić information content (AvgIpc) is 2.91. The van der Waals surface area contributed by atoms with Gasteiger partial charge in [0.15, 0.2) is 0 Å². The quantitative estimate of drug-likeness (QED) is 0.908. The van der Waals surface area contributed by atoms with Gasteiger partial charge in [-0.3, -0.25) is 4.68 Å². The summed E-state index contributed by atoms with van der Waals surface area (Å²) in [5, 5.41) is 7.11. The smallest absolute Gasteiger partial charge is 0.321 e. The van der Waals surface area contributed by atoms with E-state index < -0.39 is 0 Å². The molecular formula is C15H26N4O2. The number of carbonyl (C=O) groups excluding carboxylic acids is 1. The first-order valence-corrected chi connectivity index (χ1v) is 7.65. The Kier molecular flexibility index (Phi) is 5.61. The van der Waals surface area contributed by atoms with E-state index in [1.54, 1.807) is 18.0 Å². The van der Waals surface area contributed by atoms with E-state index in [4.69, 9.17) is 4.74 Å². The van der Waals surface area contributed by atoms with Gasteiger partial charge >= 0.3 is 6.03 Å². The molecule has 6 heteroatoms. The van der Waals surface area contributed by atoms with Crippen LogP contribution in [0.5, 0.6) is 0 Å². The molecular weight excluding hydrogens is 268 g/mol. The number of amides is 2. The molecule has 2 unspecified atom stereocenters. The second-order valence-corrected chi connectivity index (χ2v) is 5.95. The fourth-order valence-corrected chi connectivity index (χ4v) is 2.87. The van der Waals surface area contributed by atoms with Gasteiger partial charge in [-0.05, 0) is 18.8 Å². The lowest BCUT2D eigenvalue weighted by atomic mass is 9.86. The van der Waals surface area contributed by atoms with Crippen molar-refractivity contribution in [2.75, 3.05) is 26.1 Å². The molecule has 1 aliphatic carbocycles. The third kappa shape index (κ3) is 4.46. The molecule has 2 rings (SSSR count). The van der Waals surface area contributed by atoms with Crippen LogP contribution < -0.4 is 5.32 Å². The first-order chi connectivity index (χ1) is 10.1. The molecule has 1 fully saturated rings. The number of nitrogens with one attached hydrogen (secondary N) is 1. The zero-order chi connectivity index (χ0) is 15.2. The number of hydrogen-bond acceptors (Lipinski definition) is 3. The third-order valence-electron chi connectivity index (χ3n) is 4.19. The van der Waals surface area contributed by atoms with Gasteiger partial charge in [0.05, 0.1) is 25.0 Å². The van der Waals surface area contributed by atoms with Gasteiger partial charge in [-0.1, -0.05) is 19.8 Å². The van der Waals surface area contributed by atoms with Crippen molar-refractivity contribution in [1.82, 2.24) is 14.7 Å². The maximum absolute atomic E-state index is 12.3. The largest absolute Gasteiger partial charge is 0.383 e. The molecule has 0 aliphatic heterocycles. The predicted octanol–water partition coefficient (Wildman–Crippen LogP) is 2.57. The summed E-state index contributed by atoms with van der Waals surface area (Å²) in [5.74, 6) is 0.704. The molecule has 0 aromatic carbocycles. The second-order valence-electron chi connectivity index (χ2n) is 5.95. The molecule has 0 saturated heterocycles. The van der Waals surface area contributed by atoms with E-state index in [2.05, 4.69) is 17.3 Å². The first kappa shape index (κ1) is 15.8. The zero-order valence-electron chi connectivity index (χ0n) is 13.2. The van der Waals surface area contributed by atoms with Crippen LogP contribution in [-0.4, -0.2) is 47.5 Å². The molecule has 1 aromatic rings. The minimum absolute atomic E-state index is 0.0552. The second kappa shape index (κ2) is 7.45. The highest BCUT2D eigenvalue weighted by Crippen LogP contribution is 2.26. The lowest BCUT2D eigenvalue weighted by Crippen LogP contribution is -2.42. The molecule has 2 atom stereocenters. The molecule has 6 nitrogen and oxygen atoms in total. The number of anilines is 1. The maximum atomic E-state index is 12.3. The summed E-state index contributed by atoms with van der Waals surface area (Å²) in [4.78, 5) is 14.1. The van der Waals surface area contributed by atoms with Crippen LogP contribution in [0.15, 0.2) is 12.4 Å². The molecule has 1 heterocycles. The molecule has 21 heavy (non-hydrogen) atoms. The van der Waals surface area contributed by atoms with E-state index in [0.29, 0.717) is 25.1 Å². The summed E-state index contributed by atoms with van der Waals surface area (Å²) in [6.07, 6.45) is 8.17. The summed E-state index contributed by atoms with van der Waals surface area (Å²) in [5.41, 5.74) is 0.729. The van der Waals surface area contributed by atoms with Gasteiger partial charge in [-0.15, -0.1) is 0 Å². The summed E-state index contributed by atoms with van der Waals surface area (Å²) >= 11 is 0. The van der Waals surface area contributed by atoms with Crippen LogP contribution in [0, 0.1) is 5.92 Å². The van der Waals surface area contributed by atoms with Crippen LogP contribution in [0.25, 0.3) is 0 Å². The Bertz CT molecular complexity index is 460. The Hall–Kier alpha value is -1.56. The van der Waals surface area contributed by atoms with E-state index in [9.17, 15) is 4.79 Å². The highest BCUT2D eigenvalue weighted by atomic mass is 16.5. The number of aromatic nitrogens is 2. The Morgan fingerprint density at radius 3 is 3.10 bits per heavy atom. The van der Waals surface area contributed by atoms with Crippen LogP contribution in [0.1, 0.15) is 32.6 Å². The highest BCUT2D eigenvalue weighted by Gasteiger charge is 2.25. The van der Waals surface area contributed by atoms with Gasteiger partial charge < -0.3 is 15.0 Å². The standard InChI is InChI=1S/C15H26N4O2/c1-12-5-4-6-14(9-12)18(2)15(20)17-13-10-16-19(11-13)7-8-21-3/h10-12,14H,4-9H2,1-3H3,(H,17,20). The highest BCUT2D eigenvalue weighted by molar-refractivity contribution is 5.89. The van der Waals surface area contributed by atoms with E-state index >= 15 is 0 Å². The number of nitrogens with zero attached hydrogens (tertiary/aromatic N) is 3. The van der Waals surface area contributed by atoms with Gasteiger partial charge in [-0.25, -0.2) is 4.79 Å². The van der Waals surface area contributed by atoms with Gasteiger partial charge in [0.1, 0.15) is 0 Å². The molecule has 1 aromatic heterocycles. The summed E-state index contributed by atoms with van der Waals surface area (Å²) < 4.78 is 6.77. The number of hydrogen-bond donors (Lipinski definition) is 1. The van der Waals surface area contributed by atoms with Crippen LogP contribution in [0.3, 0.4) is 0 Å². The number of rotatable bonds is 5. The maximum Gasteiger partial charge on any atom is 0.321 e. The van der Waals surface area contributed by atoms with Crippen molar-refractivity contribution >= 4 is 11.7 Å². The normalized spacial score (nSPS) is 22.0. The monoisotopic (exact) mass is 294 g/mol.